The van der Waals surface area contributed by atoms with Crippen LogP contribution in [-0.4, -0.2) is 73.4 Å². The van der Waals surface area contributed by atoms with Crippen LogP contribution >= 0.6 is 0 Å². The molecule has 0 bridgehead atoms. The summed E-state index contributed by atoms with van der Waals surface area (Å²) in [6.45, 7) is -0.929. The number of unbranched alkanes of at least 4 members (excludes halogenated alkanes) is 1. The molecule has 2 amide bonds. The molecule has 0 spiro atoms. The van der Waals surface area contributed by atoms with Gasteiger partial charge < -0.3 is 38.7 Å². The number of carbonyl (C=O) groups excluding carboxylic acids is 3. The van der Waals surface area contributed by atoms with Gasteiger partial charge in [-0.2, -0.15) is 0 Å². The number of para-hydroxylation sites is 1. The normalized spacial score (nSPS) is 14.7. The van der Waals surface area contributed by atoms with E-state index in [1.165, 1.54) is 16.8 Å². The van der Waals surface area contributed by atoms with Crippen molar-refractivity contribution < 1.29 is 41.0 Å². The number of Topliss-reactive ketones (excluding diaryl/α,β-unsaturated/α-hetero) is 1. The fraction of sp³-hybridized carbons (Fsp3) is 0.297. The third kappa shape index (κ3) is 8.05. The van der Waals surface area contributed by atoms with E-state index in [2.05, 4.69) is 20.9 Å². The molecule has 17 heteroatoms. The lowest BCUT2D eigenvalue weighted by Crippen LogP contribution is -2.50. The first-order chi connectivity index (χ1) is 25.9. The monoisotopic (exact) mass is 746 g/mol. The molecule has 54 heavy (non-hydrogen) atoms. The number of aryl methyl sites for hydroxylation is 2. The van der Waals surface area contributed by atoms with Crippen molar-refractivity contribution in [3.05, 3.63) is 112 Å². The third-order valence-corrected chi connectivity index (χ3v) is 9.32. The van der Waals surface area contributed by atoms with E-state index in [0.717, 1.165) is 26.7 Å². The Morgan fingerprint density at radius 3 is 2.56 bits per heavy atom. The quantitative estimate of drug-likeness (QED) is 0.0867. The SMILES string of the molecule is Cc1cc(C)n2c1C=C1C=CC(CCC(=O)NCc3cn(-c4cccc(C(=O)NC(CCCCN)C(=O)COc5c(F)cccc5F)c4)nn3)=[N+]1[B-]2(F)F. The van der Waals surface area contributed by atoms with E-state index in [1.54, 1.807) is 62.5 Å². The van der Waals surface area contributed by atoms with Crippen molar-refractivity contribution in [1.29, 1.82) is 0 Å². The number of ether oxygens (including phenoxy) is 1. The highest BCUT2D eigenvalue weighted by molar-refractivity contribution is 6.58. The molecule has 0 saturated carbocycles. The van der Waals surface area contributed by atoms with Gasteiger partial charge in [-0.1, -0.05) is 17.3 Å². The van der Waals surface area contributed by atoms with Crippen molar-refractivity contribution in [1.82, 2.24) is 30.1 Å². The van der Waals surface area contributed by atoms with Crippen LogP contribution < -0.4 is 21.1 Å². The molecule has 2 aliphatic heterocycles. The largest absolute Gasteiger partial charge is 0.737 e. The highest BCUT2D eigenvalue weighted by Crippen LogP contribution is 2.34. The highest BCUT2D eigenvalue weighted by Gasteiger charge is 2.52. The van der Waals surface area contributed by atoms with Gasteiger partial charge in [0.15, 0.2) is 28.9 Å². The summed E-state index contributed by atoms with van der Waals surface area (Å²) in [5.74, 6) is -4.10. The number of carbonyl (C=O) groups is 3. The number of nitrogens with zero attached hydrogens (tertiary/aromatic N) is 5. The van der Waals surface area contributed by atoms with Crippen molar-refractivity contribution in [2.24, 2.45) is 5.73 Å². The second-order valence-corrected chi connectivity index (χ2v) is 13.2. The average molecular weight is 747 g/mol. The molecule has 0 saturated heterocycles. The van der Waals surface area contributed by atoms with Crippen molar-refractivity contribution in [3.63, 3.8) is 0 Å². The van der Waals surface area contributed by atoms with Crippen LogP contribution in [0.2, 0.25) is 0 Å². The van der Waals surface area contributed by atoms with E-state index in [1.807, 2.05) is 0 Å². The van der Waals surface area contributed by atoms with E-state index in [-0.39, 0.29) is 37.3 Å². The minimum absolute atomic E-state index is 0.0236. The van der Waals surface area contributed by atoms with Crippen molar-refractivity contribution in [2.75, 3.05) is 13.2 Å². The Bertz CT molecular complexity index is 2170. The summed E-state index contributed by atoms with van der Waals surface area (Å²) >= 11 is 0. The van der Waals surface area contributed by atoms with Gasteiger partial charge in [0, 0.05) is 42.3 Å². The van der Waals surface area contributed by atoms with Gasteiger partial charge in [-0.25, -0.2) is 13.5 Å². The maximum atomic E-state index is 15.7. The maximum Gasteiger partial charge on any atom is 0.737 e. The topological polar surface area (TPSA) is 149 Å². The van der Waals surface area contributed by atoms with Gasteiger partial charge in [0.25, 0.3) is 5.91 Å². The number of fused-ring (bicyclic) bond motifs is 2. The van der Waals surface area contributed by atoms with Crippen molar-refractivity contribution in [2.45, 2.75) is 58.5 Å². The molecule has 4 heterocycles. The lowest BCUT2D eigenvalue weighted by molar-refractivity contribution is -0.362. The average Bonchev–Trinajstić information content (AvgIpc) is 3.87. The van der Waals surface area contributed by atoms with E-state index < -0.39 is 48.7 Å². The predicted molar refractivity (Wildman–Crippen MR) is 193 cm³/mol. The third-order valence-electron chi connectivity index (χ3n) is 9.32. The molecule has 1 atom stereocenters. The summed E-state index contributed by atoms with van der Waals surface area (Å²) in [4.78, 5) is 39.1. The summed E-state index contributed by atoms with van der Waals surface area (Å²) in [5, 5.41) is 13.6. The number of benzene rings is 2. The molecule has 2 aliphatic rings. The molecule has 0 fully saturated rings. The second-order valence-electron chi connectivity index (χ2n) is 13.2. The fourth-order valence-electron chi connectivity index (χ4n) is 6.62. The van der Waals surface area contributed by atoms with Crippen LogP contribution in [-0.2, 0) is 16.1 Å². The molecule has 0 aliphatic carbocycles. The van der Waals surface area contributed by atoms with Crippen molar-refractivity contribution >= 4 is 36.4 Å². The van der Waals surface area contributed by atoms with Crippen molar-refractivity contribution in [3.8, 4) is 11.4 Å². The Kier molecular flexibility index (Phi) is 11.3. The zero-order valence-electron chi connectivity index (χ0n) is 29.7. The van der Waals surface area contributed by atoms with Crippen LogP contribution in [0.15, 0.2) is 72.6 Å². The second kappa shape index (κ2) is 16.0. The van der Waals surface area contributed by atoms with Crippen LogP contribution in [0, 0.1) is 25.5 Å². The fourth-order valence-corrected chi connectivity index (χ4v) is 6.62. The minimum atomic E-state index is -4.12. The van der Waals surface area contributed by atoms with Crippen LogP contribution in [0.1, 0.15) is 65.1 Å². The van der Waals surface area contributed by atoms with Gasteiger partial charge in [0.05, 0.1) is 24.5 Å². The van der Waals surface area contributed by atoms with Gasteiger partial charge >= 0.3 is 6.97 Å². The number of nitrogens with two attached hydrogens (primary N) is 1. The number of ketones is 1. The number of aromatic nitrogens is 4. The summed E-state index contributed by atoms with van der Waals surface area (Å²) in [6.07, 6.45) is 7.97. The zero-order valence-corrected chi connectivity index (χ0v) is 29.7. The van der Waals surface area contributed by atoms with Crippen LogP contribution in [0.25, 0.3) is 11.8 Å². The summed E-state index contributed by atoms with van der Waals surface area (Å²) < 4.78 is 68.1. The molecule has 282 valence electrons. The van der Waals surface area contributed by atoms with Gasteiger partial charge in [0.1, 0.15) is 18.0 Å². The Morgan fingerprint density at radius 1 is 1.04 bits per heavy atom. The summed E-state index contributed by atoms with van der Waals surface area (Å²) in [6, 6.07) is 10.3. The number of nitrogens with one attached hydrogen (secondary N) is 2. The Hall–Kier alpha value is -5.84. The molecule has 0 radical (unpaired) electrons. The lowest BCUT2D eigenvalue weighted by atomic mass is 9.90. The van der Waals surface area contributed by atoms with Gasteiger partial charge in [-0.3, -0.25) is 14.4 Å². The first-order valence-corrected chi connectivity index (χ1v) is 17.5. The van der Waals surface area contributed by atoms with E-state index in [4.69, 9.17) is 10.5 Å². The molecule has 4 aromatic rings. The Balaban J connectivity index is 1.04. The number of hydrogen-bond acceptors (Lipinski definition) is 7. The highest BCUT2D eigenvalue weighted by atomic mass is 19.2. The summed E-state index contributed by atoms with van der Waals surface area (Å²) in [5.41, 5.74) is 9.13. The van der Waals surface area contributed by atoms with Crippen LogP contribution in [0.5, 0.6) is 5.75 Å². The standard InChI is InChI=1S/C37H39BF4N8O4/c1-23-17-24(2)49-33(23)19-29-13-12-27(50(29)38(49,41)42)14-15-35(52)44-20-26-21-48(47-46-26)28-8-5-7-25(18-28)37(53)45-32(11-3-4-16-43)34(51)22-54-36-30(39)9-6-10-31(36)40/h5-10,12-13,17-19,21,32H,3-4,11,14-16,20,22,43H2,1-2H3,(H,44,52)(H,45,53). The maximum absolute atomic E-state index is 15.7. The molecule has 2 aromatic carbocycles. The molecule has 4 N–H and O–H groups in total. The molecule has 12 nitrogen and oxygen atoms in total. The van der Waals surface area contributed by atoms with Gasteiger partial charge in [-0.15, -0.1) is 5.10 Å². The zero-order chi connectivity index (χ0) is 38.6. The summed E-state index contributed by atoms with van der Waals surface area (Å²) in [7, 11) is 0. The number of rotatable bonds is 16. The molecule has 1 unspecified atom stereocenters. The van der Waals surface area contributed by atoms with E-state index >= 15 is 8.63 Å². The van der Waals surface area contributed by atoms with Gasteiger partial charge in [0.2, 0.25) is 5.91 Å². The number of halogens is 4. The molecule has 6 rings (SSSR count). The number of allylic oxidation sites excluding steroid dienone is 2. The first kappa shape index (κ1) is 37.9. The Labute approximate surface area is 308 Å². The number of amides is 2. The van der Waals surface area contributed by atoms with Crippen LogP contribution in [0.3, 0.4) is 0 Å². The predicted octanol–water partition coefficient (Wildman–Crippen LogP) is 4.54. The first-order valence-electron chi connectivity index (χ1n) is 17.5. The smallest absolute Gasteiger partial charge is 0.480 e. The van der Waals surface area contributed by atoms with E-state index in [0.29, 0.717) is 53.6 Å². The van der Waals surface area contributed by atoms with Crippen LogP contribution in [0.4, 0.5) is 17.4 Å². The molecular weight excluding hydrogens is 707 g/mol. The Morgan fingerprint density at radius 2 is 1.80 bits per heavy atom. The number of hydrogen-bond donors (Lipinski definition) is 3. The lowest BCUT2D eigenvalue weighted by Gasteiger charge is -2.30. The molecule has 2 aromatic heterocycles. The minimum Gasteiger partial charge on any atom is -0.480 e. The van der Waals surface area contributed by atoms with E-state index in [9.17, 15) is 23.2 Å². The molecular formula is C37H39BF4N8O4. The van der Waals surface area contributed by atoms with Gasteiger partial charge in [-0.05, 0) is 87.3 Å².